The number of carboxylic acids is 1. The van der Waals surface area contributed by atoms with Crippen LogP contribution in [0.5, 0.6) is 0 Å². The van der Waals surface area contributed by atoms with E-state index < -0.39 is 18.1 Å². The van der Waals surface area contributed by atoms with E-state index in [2.05, 4.69) is 31.2 Å². The van der Waals surface area contributed by atoms with Gasteiger partial charge in [0.2, 0.25) is 0 Å². The van der Waals surface area contributed by atoms with Crippen LogP contribution in [-0.4, -0.2) is 74.6 Å². The molecule has 0 heterocycles. The number of aliphatic carboxylic acids is 1. The highest BCUT2D eigenvalue weighted by atomic mass is 16.5. The lowest BCUT2D eigenvalue weighted by molar-refractivity contribution is -0.889. The number of aliphatic hydroxyl groups is 1. The number of quaternary nitrogens is 1. The van der Waals surface area contributed by atoms with Crippen molar-refractivity contribution in [3.05, 3.63) is 24.3 Å². The van der Waals surface area contributed by atoms with Crippen molar-refractivity contribution in [1.29, 1.82) is 0 Å². The maximum absolute atomic E-state index is 11.9. The average molecular weight is 554 g/mol. The normalized spacial score (nSPS) is 13.8. The monoisotopic (exact) mass is 553 g/mol. The quantitative estimate of drug-likeness (QED) is 0.0625. The lowest BCUT2D eigenvalue weighted by atomic mass is 10.1. The van der Waals surface area contributed by atoms with Gasteiger partial charge in [0.1, 0.15) is 18.8 Å². The van der Waals surface area contributed by atoms with Crippen LogP contribution < -0.4 is 5.11 Å². The molecule has 39 heavy (non-hydrogen) atoms. The summed E-state index contributed by atoms with van der Waals surface area (Å²) < 4.78 is 10.7. The molecule has 7 heteroatoms. The minimum absolute atomic E-state index is 0.00224. The topological polar surface area (TPSA) is 95.9 Å². The summed E-state index contributed by atoms with van der Waals surface area (Å²) in [7, 11) is 5.35. The summed E-state index contributed by atoms with van der Waals surface area (Å²) in [6.07, 6.45) is 26.9. The Morgan fingerprint density at radius 2 is 1.33 bits per heavy atom. The Balaban J connectivity index is 3.51. The van der Waals surface area contributed by atoms with Crippen molar-refractivity contribution in [3.8, 4) is 0 Å². The molecule has 0 aromatic carbocycles. The fourth-order valence-corrected chi connectivity index (χ4v) is 4.33. The van der Waals surface area contributed by atoms with Gasteiger partial charge < -0.3 is 29.0 Å². The van der Waals surface area contributed by atoms with Crippen LogP contribution in [0.15, 0.2) is 24.3 Å². The van der Waals surface area contributed by atoms with E-state index in [0.717, 1.165) is 25.7 Å². The number of hydrogen-bond donors (Lipinski definition) is 1. The molecule has 0 aliphatic carbocycles. The smallest absolute Gasteiger partial charge is 0.305 e. The molecular formula is C32H59NO6. The summed E-state index contributed by atoms with van der Waals surface area (Å²) in [5.41, 5.74) is 0. The zero-order valence-electron chi connectivity index (χ0n) is 25.5. The summed E-state index contributed by atoms with van der Waals surface area (Å²) in [5, 5.41) is 21.2. The number of carboxylic acid groups (broad SMARTS) is 1. The Kier molecular flexibility index (Phi) is 24.2. The van der Waals surface area contributed by atoms with Gasteiger partial charge in [-0.1, -0.05) is 89.0 Å². The predicted molar refractivity (Wildman–Crippen MR) is 157 cm³/mol. The average Bonchev–Trinajstić information content (AvgIpc) is 2.87. The van der Waals surface area contributed by atoms with Crippen molar-refractivity contribution in [3.63, 3.8) is 0 Å². The van der Waals surface area contributed by atoms with Crippen molar-refractivity contribution in [2.24, 2.45) is 0 Å². The largest absolute Gasteiger partial charge is 0.544 e. The Morgan fingerprint density at radius 3 is 1.87 bits per heavy atom. The fraction of sp³-hybridized carbons (Fsp3) is 0.812. The third-order valence-electron chi connectivity index (χ3n) is 6.82. The Hall–Kier alpha value is -1.70. The minimum atomic E-state index is -1.12. The summed E-state index contributed by atoms with van der Waals surface area (Å²) >= 11 is 0. The first-order valence-electron chi connectivity index (χ1n) is 15.4. The van der Waals surface area contributed by atoms with Gasteiger partial charge in [0, 0.05) is 12.8 Å². The summed E-state index contributed by atoms with van der Waals surface area (Å²) in [5.74, 6) is -1.42. The van der Waals surface area contributed by atoms with Crippen LogP contribution in [0.1, 0.15) is 116 Å². The summed E-state index contributed by atoms with van der Waals surface area (Å²) in [4.78, 5) is 23.1. The molecule has 2 atom stereocenters. The molecule has 0 rings (SSSR count). The molecule has 0 aromatic heterocycles. The lowest BCUT2D eigenvalue weighted by Crippen LogP contribution is -2.55. The van der Waals surface area contributed by atoms with Crippen molar-refractivity contribution < 1.29 is 33.8 Å². The second-order valence-electron chi connectivity index (χ2n) is 11.5. The van der Waals surface area contributed by atoms with Crippen LogP contribution in [0.25, 0.3) is 0 Å². The van der Waals surface area contributed by atoms with Gasteiger partial charge in [-0.2, -0.15) is 0 Å². The predicted octanol–water partition coefficient (Wildman–Crippen LogP) is 5.50. The minimum Gasteiger partial charge on any atom is -0.544 e. The number of unbranched alkanes of at least 4 members (excludes halogenated alkanes) is 12. The number of carbonyl (C=O) groups is 2. The highest BCUT2D eigenvalue weighted by Crippen LogP contribution is 2.12. The Morgan fingerprint density at radius 1 is 0.795 bits per heavy atom. The van der Waals surface area contributed by atoms with E-state index in [0.29, 0.717) is 6.42 Å². The van der Waals surface area contributed by atoms with E-state index in [1.165, 1.54) is 70.6 Å². The van der Waals surface area contributed by atoms with Gasteiger partial charge in [-0.05, 0) is 38.5 Å². The van der Waals surface area contributed by atoms with Crippen molar-refractivity contribution in [1.82, 2.24) is 0 Å². The summed E-state index contributed by atoms with van der Waals surface area (Å²) in [6.45, 7) is 2.32. The maximum atomic E-state index is 11.9. The number of ether oxygens (including phenoxy) is 2. The molecule has 0 aliphatic rings. The summed E-state index contributed by atoms with van der Waals surface area (Å²) in [6, 6.07) is -0.685. The Bertz CT molecular complexity index is 656. The van der Waals surface area contributed by atoms with Crippen LogP contribution in [-0.2, 0) is 19.1 Å². The lowest BCUT2D eigenvalue weighted by Gasteiger charge is -2.34. The molecule has 0 bridgehead atoms. The molecule has 1 N–H and O–H groups in total. The number of esters is 1. The zero-order chi connectivity index (χ0) is 29.2. The number of likely N-dealkylation sites (N-methyl/N-ethyl adjacent to an activating group) is 1. The molecule has 0 aliphatic heterocycles. The standard InChI is InChI=1S/C32H59NO6/c1-5-6-7-8-9-10-11-12-13-14-15-16-17-18-19-20-21-22-23-24-31(35)39-28-29(34)27-38-26-25-30(32(36)37)33(2,3)4/h9-10,12-13,29-30,34H,5-8,11,14-28H2,1-4H3/b10-9-,13-12-. The molecular weight excluding hydrogens is 494 g/mol. The number of aliphatic hydroxyl groups excluding tert-OH is 1. The van der Waals surface area contributed by atoms with E-state index in [1.807, 2.05) is 0 Å². The van der Waals surface area contributed by atoms with Gasteiger partial charge >= 0.3 is 5.97 Å². The molecule has 0 saturated heterocycles. The number of hydrogen-bond acceptors (Lipinski definition) is 6. The van der Waals surface area contributed by atoms with Crippen LogP contribution in [0.2, 0.25) is 0 Å². The molecule has 7 nitrogen and oxygen atoms in total. The number of carbonyl (C=O) groups excluding carboxylic acids is 2. The second-order valence-corrected chi connectivity index (χ2v) is 11.5. The van der Waals surface area contributed by atoms with Crippen molar-refractivity contribution >= 4 is 11.9 Å². The van der Waals surface area contributed by atoms with Gasteiger partial charge in [-0.3, -0.25) is 4.79 Å². The molecule has 2 unspecified atom stereocenters. The number of nitrogens with zero attached hydrogens (tertiary/aromatic N) is 1. The van der Waals surface area contributed by atoms with Gasteiger partial charge in [0.15, 0.2) is 0 Å². The highest BCUT2D eigenvalue weighted by molar-refractivity contribution is 5.69. The first kappa shape index (κ1) is 37.3. The van der Waals surface area contributed by atoms with E-state index >= 15 is 0 Å². The van der Waals surface area contributed by atoms with Gasteiger partial charge in [-0.15, -0.1) is 0 Å². The third-order valence-corrected chi connectivity index (χ3v) is 6.82. The van der Waals surface area contributed by atoms with Crippen LogP contribution >= 0.6 is 0 Å². The van der Waals surface area contributed by atoms with E-state index in [1.54, 1.807) is 21.1 Å². The van der Waals surface area contributed by atoms with Crippen molar-refractivity contribution in [2.45, 2.75) is 128 Å². The first-order chi connectivity index (χ1) is 18.7. The third kappa shape index (κ3) is 25.0. The molecule has 228 valence electrons. The molecule has 0 aromatic rings. The molecule has 0 radical (unpaired) electrons. The van der Waals surface area contributed by atoms with E-state index in [9.17, 15) is 19.8 Å². The number of allylic oxidation sites excluding steroid dienone is 4. The van der Waals surface area contributed by atoms with Gasteiger partial charge in [0.25, 0.3) is 0 Å². The van der Waals surface area contributed by atoms with Gasteiger partial charge in [0.05, 0.1) is 40.3 Å². The zero-order valence-corrected chi connectivity index (χ0v) is 25.5. The maximum Gasteiger partial charge on any atom is 0.305 e. The first-order valence-corrected chi connectivity index (χ1v) is 15.4. The highest BCUT2D eigenvalue weighted by Gasteiger charge is 2.24. The van der Waals surface area contributed by atoms with Crippen LogP contribution in [0.4, 0.5) is 0 Å². The van der Waals surface area contributed by atoms with Crippen molar-refractivity contribution in [2.75, 3.05) is 41.0 Å². The molecule has 0 saturated carbocycles. The van der Waals surface area contributed by atoms with Crippen LogP contribution in [0.3, 0.4) is 0 Å². The van der Waals surface area contributed by atoms with Gasteiger partial charge in [-0.25, -0.2) is 0 Å². The Labute approximate surface area is 239 Å². The SMILES string of the molecule is CCCCC/C=C\C/C=C\CCCCCCCCCCCC(=O)OCC(O)COCCC(C(=O)[O-])[N+](C)(C)C. The van der Waals surface area contributed by atoms with E-state index in [-0.39, 0.29) is 36.7 Å². The van der Waals surface area contributed by atoms with Crippen LogP contribution in [0, 0.1) is 0 Å². The number of rotatable bonds is 27. The van der Waals surface area contributed by atoms with E-state index in [4.69, 9.17) is 9.47 Å². The molecule has 0 spiro atoms. The fourth-order valence-electron chi connectivity index (χ4n) is 4.33. The molecule has 0 amide bonds. The second kappa shape index (κ2) is 25.3. The molecule has 0 fully saturated rings.